The predicted octanol–water partition coefficient (Wildman–Crippen LogP) is 7.77. The second-order valence-electron chi connectivity index (χ2n) is 7.95. The van der Waals surface area contributed by atoms with Gasteiger partial charge < -0.3 is 4.57 Å². The van der Waals surface area contributed by atoms with Crippen LogP contribution >= 0.6 is 24.0 Å². The number of hydrogen-bond donors (Lipinski definition) is 1. The number of benzene rings is 2. The van der Waals surface area contributed by atoms with Crippen LogP contribution in [0.2, 0.25) is 0 Å². The highest BCUT2D eigenvalue weighted by Crippen LogP contribution is 2.41. The van der Waals surface area contributed by atoms with Gasteiger partial charge in [-0.3, -0.25) is 4.79 Å². The summed E-state index contributed by atoms with van der Waals surface area (Å²) in [6, 6.07) is 10.2. The van der Waals surface area contributed by atoms with Crippen LogP contribution in [0.3, 0.4) is 0 Å². The van der Waals surface area contributed by atoms with Gasteiger partial charge in [0.15, 0.2) is 0 Å². The molecule has 4 rings (SSSR count). The molecule has 38 heavy (non-hydrogen) atoms. The second kappa shape index (κ2) is 9.92. The number of alkyl halides is 6. The molecular weight excluding hydrogens is 560 g/mol. The van der Waals surface area contributed by atoms with E-state index in [1.54, 1.807) is 0 Å². The molecule has 0 saturated carbocycles. The number of nitrogens with zero attached hydrogens (tertiary/aromatic N) is 2. The number of halogens is 8. The summed E-state index contributed by atoms with van der Waals surface area (Å²) in [5, 5.41) is 9.29. The van der Waals surface area contributed by atoms with E-state index in [1.807, 2.05) is 0 Å². The van der Waals surface area contributed by atoms with Crippen LogP contribution in [-0.2, 0) is 18.9 Å². The molecule has 196 valence electrons. The predicted molar refractivity (Wildman–Crippen MR) is 127 cm³/mol. The molecule has 4 aromatic rings. The van der Waals surface area contributed by atoms with Crippen LogP contribution in [0.5, 0.6) is 0 Å². The van der Waals surface area contributed by atoms with E-state index >= 15 is 0 Å². The molecule has 0 unspecified atom stereocenters. The van der Waals surface area contributed by atoms with E-state index in [1.165, 1.54) is 24.3 Å². The molecule has 0 aliphatic carbocycles. The number of aromatic nitrogens is 1. The molecule has 2 heterocycles. The molecule has 3 nitrogen and oxygen atoms in total. The summed E-state index contributed by atoms with van der Waals surface area (Å²) in [5.41, 5.74) is -5.64. The smallest absolute Gasteiger partial charge is 0.302 e. The first-order valence-corrected chi connectivity index (χ1v) is 11.7. The van der Waals surface area contributed by atoms with E-state index in [0.29, 0.717) is 12.1 Å². The zero-order valence-corrected chi connectivity index (χ0v) is 20.3. The number of thiophene rings is 1. The fraction of sp³-hybridized carbons (Fsp3) is 0.120. The normalized spacial score (nSPS) is 12.0. The fourth-order valence-corrected chi connectivity index (χ4v) is 5.00. The SMILES string of the molecule is N#Cc1c(C(F)(F)F)cc(-c2ccc(-c3ccc(S)c(C(F)(F)F)c3)s2)n(Cc2ccc(F)cc2F)c1=O. The highest BCUT2D eigenvalue weighted by molar-refractivity contribution is 7.80. The minimum absolute atomic E-state index is 0.0260. The maximum atomic E-state index is 14.3. The molecular formula is C25H12F8N2OS2. The molecule has 0 radical (unpaired) electrons. The Morgan fingerprint density at radius 2 is 1.53 bits per heavy atom. The van der Waals surface area contributed by atoms with E-state index < -0.39 is 52.8 Å². The van der Waals surface area contributed by atoms with Crippen molar-refractivity contribution in [2.24, 2.45) is 0 Å². The zero-order chi connectivity index (χ0) is 28.0. The van der Waals surface area contributed by atoms with Crippen molar-refractivity contribution in [2.45, 2.75) is 23.8 Å². The molecule has 0 aliphatic heterocycles. The Labute approximate surface area is 218 Å². The third kappa shape index (κ3) is 5.32. The topological polar surface area (TPSA) is 45.8 Å². The van der Waals surface area contributed by atoms with E-state index in [0.717, 1.165) is 40.2 Å². The molecule has 0 saturated heterocycles. The monoisotopic (exact) mass is 572 g/mol. The second-order valence-corrected chi connectivity index (χ2v) is 9.51. The van der Waals surface area contributed by atoms with Gasteiger partial charge in [0.1, 0.15) is 23.3 Å². The van der Waals surface area contributed by atoms with Crippen molar-refractivity contribution in [2.75, 3.05) is 0 Å². The van der Waals surface area contributed by atoms with Crippen molar-refractivity contribution in [3.8, 4) is 27.1 Å². The lowest BCUT2D eigenvalue weighted by molar-refractivity contribution is -0.140. The van der Waals surface area contributed by atoms with Crippen LogP contribution < -0.4 is 5.56 Å². The van der Waals surface area contributed by atoms with Crippen molar-refractivity contribution in [1.82, 2.24) is 4.57 Å². The van der Waals surface area contributed by atoms with Gasteiger partial charge in [0.05, 0.1) is 28.2 Å². The highest BCUT2D eigenvalue weighted by atomic mass is 32.1. The third-order valence-corrected chi connectivity index (χ3v) is 7.05. The standard InChI is InChI=1S/C25H12F8N2OS2/c26-14-3-1-13(18(27)8-14)11-35-19(9-16(24(28,29)30)15(10-34)23(35)36)22-6-5-21(38-22)12-2-4-20(37)17(7-12)25(31,32)33/h1-9,37H,11H2. The summed E-state index contributed by atoms with van der Waals surface area (Å²) in [4.78, 5) is 13.0. The molecule has 13 heteroatoms. The number of rotatable bonds is 4. The van der Waals surface area contributed by atoms with Gasteiger partial charge in [-0.2, -0.15) is 31.6 Å². The van der Waals surface area contributed by atoms with Crippen LogP contribution in [0.1, 0.15) is 22.3 Å². The third-order valence-electron chi connectivity index (χ3n) is 5.51. The Bertz CT molecular complexity index is 1650. The van der Waals surface area contributed by atoms with Gasteiger partial charge in [0.2, 0.25) is 0 Å². The average molecular weight is 573 g/mol. The minimum Gasteiger partial charge on any atom is -0.302 e. The van der Waals surface area contributed by atoms with Crippen LogP contribution in [0, 0.1) is 23.0 Å². The van der Waals surface area contributed by atoms with Crippen LogP contribution in [0.25, 0.3) is 21.0 Å². The Morgan fingerprint density at radius 1 is 0.868 bits per heavy atom. The Balaban J connectivity index is 1.92. The summed E-state index contributed by atoms with van der Waals surface area (Å²) in [6.45, 7) is -0.646. The summed E-state index contributed by atoms with van der Waals surface area (Å²) in [6.07, 6.45) is -9.80. The Kier molecular flexibility index (Phi) is 7.15. The lowest BCUT2D eigenvalue weighted by atomic mass is 10.1. The van der Waals surface area contributed by atoms with Crippen LogP contribution in [0.4, 0.5) is 35.1 Å². The van der Waals surface area contributed by atoms with Crippen molar-refractivity contribution >= 4 is 24.0 Å². The van der Waals surface area contributed by atoms with Crippen molar-refractivity contribution in [3.05, 3.63) is 98.8 Å². The Morgan fingerprint density at radius 3 is 2.13 bits per heavy atom. The van der Waals surface area contributed by atoms with Gasteiger partial charge in [-0.15, -0.1) is 24.0 Å². The molecule has 0 N–H and O–H groups in total. The lowest BCUT2D eigenvalue weighted by Gasteiger charge is -2.17. The molecule has 0 amide bonds. The van der Waals surface area contributed by atoms with Crippen LogP contribution in [-0.4, -0.2) is 4.57 Å². The van der Waals surface area contributed by atoms with E-state index in [-0.39, 0.29) is 31.5 Å². The van der Waals surface area contributed by atoms with Crippen molar-refractivity contribution in [1.29, 1.82) is 5.26 Å². The van der Waals surface area contributed by atoms with Gasteiger partial charge >= 0.3 is 12.4 Å². The summed E-state index contributed by atoms with van der Waals surface area (Å²) < 4.78 is 110. The van der Waals surface area contributed by atoms with Gasteiger partial charge in [0, 0.05) is 21.4 Å². The largest absolute Gasteiger partial charge is 0.417 e. The highest BCUT2D eigenvalue weighted by Gasteiger charge is 2.37. The van der Waals surface area contributed by atoms with Crippen LogP contribution in [0.15, 0.2) is 64.3 Å². The fourth-order valence-electron chi connectivity index (χ4n) is 3.71. The molecule has 0 aliphatic rings. The van der Waals surface area contributed by atoms with Gasteiger partial charge in [-0.25, -0.2) is 8.78 Å². The maximum absolute atomic E-state index is 14.3. The zero-order valence-electron chi connectivity index (χ0n) is 18.6. The van der Waals surface area contributed by atoms with E-state index in [2.05, 4.69) is 12.6 Å². The average Bonchev–Trinajstić information content (AvgIpc) is 3.30. The molecule has 0 bridgehead atoms. The maximum Gasteiger partial charge on any atom is 0.417 e. The molecule has 2 aromatic carbocycles. The minimum atomic E-state index is -5.09. The number of hydrogen-bond acceptors (Lipinski definition) is 4. The van der Waals surface area contributed by atoms with E-state index in [9.17, 15) is 45.2 Å². The Hall–Kier alpha value is -3.63. The quantitative estimate of drug-likeness (QED) is 0.201. The summed E-state index contributed by atoms with van der Waals surface area (Å²) in [5.74, 6) is -1.99. The molecule has 0 fully saturated rings. The van der Waals surface area contributed by atoms with E-state index in [4.69, 9.17) is 0 Å². The first kappa shape index (κ1) is 27.4. The first-order valence-electron chi connectivity index (χ1n) is 10.4. The van der Waals surface area contributed by atoms with Crippen molar-refractivity contribution < 1.29 is 35.1 Å². The number of nitriles is 1. The van der Waals surface area contributed by atoms with Gasteiger partial charge in [-0.1, -0.05) is 12.1 Å². The van der Waals surface area contributed by atoms with Crippen molar-refractivity contribution in [3.63, 3.8) is 0 Å². The van der Waals surface area contributed by atoms with Gasteiger partial charge in [0.25, 0.3) is 5.56 Å². The first-order chi connectivity index (χ1) is 17.7. The summed E-state index contributed by atoms with van der Waals surface area (Å²) >= 11 is 4.60. The number of pyridine rings is 1. The number of thiol groups is 1. The van der Waals surface area contributed by atoms with Gasteiger partial charge in [-0.05, 0) is 42.0 Å². The lowest BCUT2D eigenvalue weighted by Crippen LogP contribution is -2.28. The molecule has 0 spiro atoms. The molecule has 0 atom stereocenters. The molecule has 2 aromatic heterocycles. The summed E-state index contributed by atoms with van der Waals surface area (Å²) in [7, 11) is 0.